The van der Waals surface area contributed by atoms with Gasteiger partial charge in [-0.05, 0) is 53.3 Å². The topological polar surface area (TPSA) is 49.4 Å². The van der Waals surface area contributed by atoms with Crippen molar-refractivity contribution in [2.24, 2.45) is 0 Å². The molecule has 1 aliphatic heterocycles. The van der Waals surface area contributed by atoms with E-state index in [0.29, 0.717) is 17.3 Å². The second-order valence-corrected chi connectivity index (χ2v) is 7.76. The lowest BCUT2D eigenvalue weighted by Gasteiger charge is -2.17. The number of nitrogens with zero attached hydrogens (tertiary/aromatic N) is 1. The van der Waals surface area contributed by atoms with Crippen LogP contribution in [0.5, 0.6) is 0 Å². The number of halogens is 1. The minimum absolute atomic E-state index is 0.00777. The summed E-state index contributed by atoms with van der Waals surface area (Å²) in [6.07, 6.45) is 1.09. The van der Waals surface area contributed by atoms with E-state index >= 15 is 0 Å². The van der Waals surface area contributed by atoms with Gasteiger partial charge in [-0.15, -0.1) is 11.3 Å². The Bertz CT molecular complexity index is 984. The summed E-state index contributed by atoms with van der Waals surface area (Å²) >= 11 is 7.32. The van der Waals surface area contributed by atoms with Crippen LogP contribution in [0.1, 0.15) is 20.8 Å². The van der Waals surface area contributed by atoms with Crippen molar-refractivity contribution < 1.29 is 9.59 Å². The standard InChI is InChI=1S/C21H17ClN2O2S/c22-16-6-3-14(4-7-16)12-20(25)23-17-8-5-15-9-10-24(18(15)13-17)21(26)19-2-1-11-27-19/h1-8,11,13H,9-10,12H2,(H,23,25). The Morgan fingerprint density at radius 3 is 2.67 bits per heavy atom. The number of benzene rings is 2. The third-order valence-electron chi connectivity index (χ3n) is 4.52. The monoisotopic (exact) mass is 396 g/mol. The van der Waals surface area contributed by atoms with E-state index < -0.39 is 0 Å². The van der Waals surface area contributed by atoms with E-state index in [2.05, 4.69) is 5.32 Å². The normalized spacial score (nSPS) is 12.7. The first-order valence-corrected chi connectivity index (χ1v) is 9.88. The molecule has 0 radical (unpaired) electrons. The van der Waals surface area contributed by atoms with Crippen molar-refractivity contribution in [3.05, 3.63) is 81.0 Å². The summed E-state index contributed by atoms with van der Waals surface area (Å²) in [5, 5.41) is 5.47. The highest BCUT2D eigenvalue weighted by molar-refractivity contribution is 7.12. The SMILES string of the molecule is O=C(Cc1ccc(Cl)cc1)Nc1ccc2c(c1)N(C(=O)c1cccs1)CC2. The number of fused-ring (bicyclic) bond motifs is 1. The van der Waals surface area contributed by atoms with Gasteiger partial charge in [0.25, 0.3) is 5.91 Å². The zero-order valence-electron chi connectivity index (χ0n) is 14.4. The molecule has 3 aromatic rings. The van der Waals surface area contributed by atoms with Gasteiger partial charge in [0.2, 0.25) is 5.91 Å². The molecule has 0 saturated carbocycles. The van der Waals surface area contributed by atoms with Gasteiger partial charge in [0.15, 0.2) is 0 Å². The summed E-state index contributed by atoms with van der Waals surface area (Å²) in [5.74, 6) is -0.0974. The van der Waals surface area contributed by atoms with Crippen molar-refractivity contribution >= 4 is 46.1 Å². The Labute approximate surface area is 166 Å². The van der Waals surface area contributed by atoms with E-state index in [9.17, 15) is 9.59 Å². The maximum atomic E-state index is 12.7. The van der Waals surface area contributed by atoms with E-state index in [1.165, 1.54) is 11.3 Å². The third-order valence-corrected chi connectivity index (χ3v) is 5.63. The van der Waals surface area contributed by atoms with E-state index in [-0.39, 0.29) is 18.2 Å². The summed E-state index contributed by atoms with van der Waals surface area (Å²) < 4.78 is 0. The summed E-state index contributed by atoms with van der Waals surface area (Å²) in [5.41, 5.74) is 3.58. The highest BCUT2D eigenvalue weighted by Gasteiger charge is 2.26. The van der Waals surface area contributed by atoms with Crippen LogP contribution in [0, 0.1) is 0 Å². The van der Waals surface area contributed by atoms with Crippen molar-refractivity contribution in [1.29, 1.82) is 0 Å². The van der Waals surface area contributed by atoms with Gasteiger partial charge in [0.1, 0.15) is 0 Å². The Balaban J connectivity index is 1.49. The fraction of sp³-hybridized carbons (Fsp3) is 0.143. The number of carbonyl (C=O) groups is 2. The lowest BCUT2D eigenvalue weighted by molar-refractivity contribution is -0.115. The zero-order valence-corrected chi connectivity index (χ0v) is 16.0. The van der Waals surface area contributed by atoms with Crippen molar-refractivity contribution in [3.63, 3.8) is 0 Å². The molecule has 2 amide bonds. The lowest BCUT2D eigenvalue weighted by atomic mass is 10.1. The molecule has 2 heterocycles. The molecule has 27 heavy (non-hydrogen) atoms. The number of rotatable bonds is 4. The van der Waals surface area contributed by atoms with Crippen LogP contribution in [0.4, 0.5) is 11.4 Å². The Morgan fingerprint density at radius 2 is 1.93 bits per heavy atom. The van der Waals surface area contributed by atoms with E-state index in [0.717, 1.165) is 28.1 Å². The maximum Gasteiger partial charge on any atom is 0.268 e. The molecule has 136 valence electrons. The summed E-state index contributed by atoms with van der Waals surface area (Å²) in [6.45, 7) is 0.661. The molecular weight excluding hydrogens is 380 g/mol. The minimum atomic E-state index is -0.105. The zero-order chi connectivity index (χ0) is 18.8. The third kappa shape index (κ3) is 3.89. The van der Waals surface area contributed by atoms with Gasteiger partial charge in [-0.25, -0.2) is 0 Å². The number of hydrogen-bond acceptors (Lipinski definition) is 3. The number of carbonyl (C=O) groups excluding carboxylic acids is 2. The number of nitrogens with one attached hydrogen (secondary N) is 1. The van der Waals surface area contributed by atoms with Gasteiger partial charge < -0.3 is 10.2 Å². The Morgan fingerprint density at radius 1 is 1.11 bits per heavy atom. The van der Waals surface area contributed by atoms with E-state index in [4.69, 9.17) is 11.6 Å². The Hall–Kier alpha value is -2.63. The van der Waals surface area contributed by atoms with Crippen LogP contribution < -0.4 is 10.2 Å². The molecule has 0 spiro atoms. The predicted octanol–water partition coefficient (Wildman–Crippen LogP) is 4.79. The highest BCUT2D eigenvalue weighted by Crippen LogP contribution is 2.32. The molecule has 4 nitrogen and oxygen atoms in total. The first-order chi connectivity index (χ1) is 13.1. The molecule has 0 atom stereocenters. The molecule has 1 aromatic heterocycles. The van der Waals surface area contributed by atoms with Crippen molar-refractivity contribution in [3.8, 4) is 0 Å². The van der Waals surface area contributed by atoms with E-state index in [1.54, 1.807) is 17.0 Å². The van der Waals surface area contributed by atoms with Gasteiger partial charge in [0, 0.05) is 22.9 Å². The smallest absolute Gasteiger partial charge is 0.268 e. The second kappa shape index (κ2) is 7.55. The van der Waals surface area contributed by atoms with Crippen molar-refractivity contribution in [2.75, 3.05) is 16.8 Å². The van der Waals surface area contributed by atoms with Crippen LogP contribution in [0.3, 0.4) is 0 Å². The molecule has 0 aliphatic carbocycles. The Kier molecular flexibility index (Phi) is 4.97. The summed E-state index contributed by atoms with van der Waals surface area (Å²) in [7, 11) is 0. The van der Waals surface area contributed by atoms with Crippen LogP contribution in [0.15, 0.2) is 60.0 Å². The van der Waals surface area contributed by atoms with Crippen LogP contribution in [0.2, 0.25) is 5.02 Å². The molecule has 0 saturated heterocycles. The second-order valence-electron chi connectivity index (χ2n) is 6.38. The number of hydrogen-bond donors (Lipinski definition) is 1. The summed E-state index contributed by atoms with van der Waals surface area (Å²) in [6, 6.07) is 16.7. The van der Waals surface area contributed by atoms with Crippen molar-refractivity contribution in [1.82, 2.24) is 0 Å². The minimum Gasteiger partial charge on any atom is -0.326 e. The molecule has 0 unspecified atom stereocenters. The fourth-order valence-corrected chi connectivity index (χ4v) is 3.99. The lowest BCUT2D eigenvalue weighted by Crippen LogP contribution is -2.28. The van der Waals surface area contributed by atoms with Crippen LogP contribution in [0.25, 0.3) is 0 Å². The summed E-state index contributed by atoms with van der Waals surface area (Å²) in [4.78, 5) is 27.6. The quantitative estimate of drug-likeness (QED) is 0.689. The molecular formula is C21H17ClN2O2S. The van der Waals surface area contributed by atoms with Crippen LogP contribution in [-0.2, 0) is 17.6 Å². The van der Waals surface area contributed by atoms with Crippen LogP contribution >= 0.6 is 22.9 Å². The number of amides is 2. The first kappa shape index (κ1) is 17.8. The van der Waals surface area contributed by atoms with Gasteiger partial charge in [-0.2, -0.15) is 0 Å². The number of anilines is 2. The molecule has 0 bridgehead atoms. The van der Waals surface area contributed by atoms with Gasteiger partial charge in [-0.3, -0.25) is 9.59 Å². The number of thiophene rings is 1. The molecule has 2 aromatic carbocycles. The average Bonchev–Trinajstić information content (AvgIpc) is 3.32. The molecule has 6 heteroatoms. The predicted molar refractivity (Wildman–Crippen MR) is 110 cm³/mol. The highest BCUT2D eigenvalue weighted by atomic mass is 35.5. The fourth-order valence-electron chi connectivity index (χ4n) is 3.19. The molecule has 1 N–H and O–H groups in total. The van der Waals surface area contributed by atoms with Crippen LogP contribution in [-0.4, -0.2) is 18.4 Å². The van der Waals surface area contributed by atoms with Gasteiger partial charge in [0.05, 0.1) is 11.3 Å². The molecule has 1 aliphatic rings. The van der Waals surface area contributed by atoms with Gasteiger partial charge >= 0.3 is 0 Å². The maximum absolute atomic E-state index is 12.7. The molecule has 4 rings (SSSR count). The first-order valence-electron chi connectivity index (χ1n) is 8.63. The molecule has 0 fully saturated rings. The van der Waals surface area contributed by atoms with Crippen molar-refractivity contribution in [2.45, 2.75) is 12.8 Å². The average molecular weight is 397 g/mol. The van der Waals surface area contributed by atoms with Gasteiger partial charge in [-0.1, -0.05) is 35.9 Å². The largest absolute Gasteiger partial charge is 0.326 e. The van der Waals surface area contributed by atoms with E-state index in [1.807, 2.05) is 47.8 Å².